The van der Waals surface area contributed by atoms with Crippen LogP contribution in [0.4, 0.5) is 19.4 Å². The first-order valence-electron chi connectivity index (χ1n) is 10.9. The molecule has 0 unspecified atom stereocenters. The monoisotopic (exact) mass is 518 g/mol. The minimum absolute atomic E-state index is 0.00792. The van der Waals surface area contributed by atoms with Crippen LogP contribution in [-0.4, -0.2) is 41.6 Å². The maximum absolute atomic E-state index is 15.4. The molecule has 5 rings (SSSR count). The molecule has 11 nitrogen and oxygen atoms in total. The van der Waals surface area contributed by atoms with Crippen LogP contribution in [0.25, 0.3) is 0 Å². The number of carbonyl (C=O) groups excluding carboxylic acids is 1. The van der Waals surface area contributed by atoms with E-state index in [4.69, 9.17) is 9.47 Å². The fourth-order valence-corrected chi connectivity index (χ4v) is 4.79. The predicted octanol–water partition coefficient (Wildman–Crippen LogP) is 3.21. The van der Waals surface area contributed by atoms with Gasteiger partial charge in [-0.15, -0.1) is 5.10 Å². The number of pyridine rings is 1. The second-order valence-electron chi connectivity index (χ2n) is 8.20. The number of fused-ring (bicyclic) bond motifs is 2. The van der Waals surface area contributed by atoms with Crippen LogP contribution in [0.3, 0.4) is 0 Å². The number of benzene rings is 1. The van der Waals surface area contributed by atoms with Crippen LogP contribution in [0.5, 0.6) is 17.4 Å². The summed E-state index contributed by atoms with van der Waals surface area (Å²) in [4.78, 5) is 18.1. The Morgan fingerprint density at radius 3 is 2.64 bits per heavy atom. The quantitative estimate of drug-likeness (QED) is 0.487. The average molecular weight is 519 g/mol. The average Bonchev–Trinajstić information content (AvgIpc) is 2.83. The number of amides is 1. The summed E-state index contributed by atoms with van der Waals surface area (Å²) in [7, 11) is -2.85. The van der Waals surface area contributed by atoms with Crippen molar-refractivity contribution in [2.45, 2.75) is 31.3 Å². The van der Waals surface area contributed by atoms with Gasteiger partial charge in [-0.3, -0.25) is 9.62 Å². The van der Waals surface area contributed by atoms with E-state index in [2.05, 4.69) is 15.2 Å². The summed E-state index contributed by atoms with van der Waals surface area (Å²) < 4.78 is 68.9. The number of hydrogen-bond acceptors (Lipinski definition) is 8. The Morgan fingerprint density at radius 1 is 1.17 bits per heavy atom. The summed E-state index contributed by atoms with van der Waals surface area (Å²) in [6.07, 6.45) is 3.56. The van der Waals surface area contributed by atoms with Crippen LogP contribution in [-0.2, 0) is 22.3 Å². The van der Waals surface area contributed by atoms with E-state index in [1.54, 1.807) is 12.1 Å². The third kappa shape index (κ3) is 4.07. The Balaban J connectivity index is 1.48. The van der Waals surface area contributed by atoms with Gasteiger partial charge in [0.1, 0.15) is 0 Å². The van der Waals surface area contributed by atoms with Crippen molar-refractivity contribution in [2.75, 3.05) is 11.8 Å². The number of nitrogens with one attached hydrogen (secondary N) is 2. The minimum atomic E-state index is -4.01. The first kappa shape index (κ1) is 23.8. The van der Waals surface area contributed by atoms with Gasteiger partial charge in [0.25, 0.3) is 10.2 Å². The van der Waals surface area contributed by atoms with Gasteiger partial charge in [-0.25, -0.2) is 18.9 Å². The number of anilines is 1. The maximum Gasteiger partial charge on any atom is 0.416 e. The molecule has 0 radical (unpaired) electrons. The highest BCUT2D eigenvalue weighted by Crippen LogP contribution is 2.54. The highest BCUT2D eigenvalue weighted by molar-refractivity contribution is 7.90. The zero-order chi connectivity index (χ0) is 25.5. The van der Waals surface area contributed by atoms with Gasteiger partial charge in [-0.05, 0) is 43.5 Å². The third-order valence-electron chi connectivity index (χ3n) is 6.23. The highest BCUT2D eigenvalue weighted by atomic mass is 32.2. The van der Waals surface area contributed by atoms with Crippen molar-refractivity contribution in [1.82, 2.24) is 24.8 Å². The fraction of sp³-hybridized carbons (Fsp3) is 0.273. The summed E-state index contributed by atoms with van der Waals surface area (Å²) >= 11 is 0. The van der Waals surface area contributed by atoms with Crippen LogP contribution in [0.15, 0.2) is 42.7 Å². The Hall–Kier alpha value is -3.91. The fourth-order valence-electron chi connectivity index (χ4n) is 4.29. The summed E-state index contributed by atoms with van der Waals surface area (Å²) in [6.45, 7) is -0.250. The number of aromatic nitrogens is 3. The van der Waals surface area contributed by atoms with E-state index in [1.807, 2.05) is 9.44 Å². The van der Waals surface area contributed by atoms with Gasteiger partial charge >= 0.3 is 6.09 Å². The van der Waals surface area contributed by atoms with Crippen molar-refractivity contribution < 1.29 is 31.5 Å². The molecule has 1 aliphatic carbocycles. The minimum Gasteiger partial charge on any atom is -0.434 e. The molecule has 14 heteroatoms. The van der Waals surface area contributed by atoms with Gasteiger partial charge in [0.05, 0.1) is 12.1 Å². The number of ether oxygens (including phenoxy) is 2. The van der Waals surface area contributed by atoms with E-state index in [-0.39, 0.29) is 29.5 Å². The lowest BCUT2D eigenvalue weighted by Gasteiger charge is -2.52. The lowest BCUT2D eigenvalue weighted by atomic mass is 9.69. The molecular formula is C22H20F2N6O5S. The zero-order valence-electron chi connectivity index (χ0n) is 18.9. The van der Waals surface area contributed by atoms with Gasteiger partial charge in [0, 0.05) is 36.6 Å². The van der Waals surface area contributed by atoms with Crippen molar-refractivity contribution >= 4 is 22.1 Å². The Kier molecular flexibility index (Phi) is 5.92. The predicted molar refractivity (Wildman–Crippen MR) is 121 cm³/mol. The molecule has 0 atom stereocenters. The van der Waals surface area contributed by atoms with E-state index < -0.39 is 39.3 Å². The number of nitrogens with zero attached hydrogens (tertiary/aromatic N) is 4. The van der Waals surface area contributed by atoms with E-state index in [0.717, 1.165) is 13.5 Å². The molecule has 36 heavy (non-hydrogen) atoms. The standard InChI is InChI=1S/C22H20F2N6O5S/c1-25-36(32,33)29-20-17(23)13(7-11-26-20)12-30-21(31)35-19-14(22(30)8-3-9-22)5-6-15(18(19)24)34-16-4-2-10-27-28-16/h2,4-7,10-11,25H,3,8-9,12H2,1H3,(H,26,29). The van der Waals surface area contributed by atoms with Crippen LogP contribution in [0.1, 0.15) is 30.4 Å². The lowest BCUT2D eigenvalue weighted by Crippen LogP contribution is -2.57. The topological polar surface area (TPSA) is 136 Å². The number of carbonyl (C=O) groups is 1. The van der Waals surface area contributed by atoms with Crippen molar-refractivity contribution in [3.63, 3.8) is 0 Å². The maximum atomic E-state index is 15.4. The van der Waals surface area contributed by atoms with E-state index in [0.29, 0.717) is 18.4 Å². The van der Waals surface area contributed by atoms with Crippen LogP contribution in [0, 0.1) is 11.6 Å². The molecule has 1 spiro atoms. The zero-order valence-corrected chi connectivity index (χ0v) is 19.7. The number of hydrogen-bond donors (Lipinski definition) is 2. The molecule has 2 aromatic heterocycles. The SMILES string of the molecule is CNS(=O)(=O)Nc1nccc(CN2C(=O)Oc3c(ccc(Oc4cccnn4)c3F)C23CCC3)c1F. The van der Waals surface area contributed by atoms with Crippen molar-refractivity contribution in [1.29, 1.82) is 0 Å². The van der Waals surface area contributed by atoms with Crippen molar-refractivity contribution in [3.05, 3.63) is 65.5 Å². The first-order valence-corrected chi connectivity index (χ1v) is 12.3. The summed E-state index contributed by atoms with van der Waals surface area (Å²) in [6, 6.07) is 7.44. The summed E-state index contributed by atoms with van der Waals surface area (Å²) in [5, 5.41) is 7.43. The third-order valence-corrected chi connectivity index (χ3v) is 7.23. The van der Waals surface area contributed by atoms with Crippen LogP contribution < -0.4 is 18.9 Å². The number of rotatable bonds is 7. The molecule has 1 aromatic carbocycles. The molecule has 1 saturated carbocycles. The molecule has 2 aliphatic rings. The van der Waals surface area contributed by atoms with Gasteiger partial charge < -0.3 is 9.47 Å². The first-order chi connectivity index (χ1) is 17.2. The largest absolute Gasteiger partial charge is 0.434 e. The molecular weight excluding hydrogens is 498 g/mol. The second-order valence-corrected chi connectivity index (χ2v) is 9.82. The molecule has 3 aromatic rings. The molecule has 0 bridgehead atoms. The normalized spacial score (nSPS) is 16.2. The van der Waals surface area contributed by atoms with Gasteiger partial charge in [0.15, 0.2) is 23.1 Å². The Bertz CT molecular complexity index is 1440. The molecule has 1 aliphatic heterocycles. The second kappa shape index (κ2) is 8.95. The smallest absolute Gasteiger partial charge is 0.416 e. The highest BCUT2D eigenvalue weighted by Gasteiger charge is 2.53. The summed E-state index contributed by atoms with van der Waals surface area (Å²) in [5.41, 5.74) is -0.479. The molecule has 1 amide bonds. The molecule has 0 saturated heterocycles. The van der Waals surface area contributed by atoms with E-state index in [9.17, 15) is 13.2 Å². The molecule has 3 heterocycles. The van der Waals surface area contributed by atoms with Crippen LogP contribution in [0.2, 0.25) is 0 Å². The summed E-state index contributed by atoms with van der Waals surface area (Å²) in [5.74, 6) is -2.70. The molecule has 188 valence electrons. The lowest BCUT2D eigenvalue weighted by molar-refractivity contribution is -0.000311. The van der Waals surface area contributed by atoms with E-state index >= 15 is 8.78 Å². The van der Waals surface area contributed by atoms with E-state index in [1.165, 1.54) is 35.5 Å². The van der Waals surface area contributed by atoms with Gasteiger partial charge in [0.2, 0.25) is 11.7 Å². The van der Waals surface area contributed by atoms with Crippen molar-refractivity contribution in [2.24, 2.45) is 0 Å². The van der Waals surface area contributed by atoms with Crippen LogP contribution >= 0.6 is 0 Å². The van der Waals surface area contributed by atoms with Gasteiger partial charge in [-0.2, -0.15) is 17.9 Å². The Morgan fingerprint density at radius 2 is 1.97 bits per heavy atom. The Labute approximate surface area is 204 Å². The number of halogens is 2. The van der Waals surface area contributed by atoms with Crippen molar-refractivity contribution in [3.8, 4) is 17.4 Å². The molecule has 1 fully saturated rings. The van der Waals surface area contributed by atoms with Gasteiger partial charge in [-0.1, -0.05) is 0 Å². The molecule has 2 N–H and O–H groups in total.